The first-order chi connectivity index (χ1) is 11.3. The van der Waals surface area contributed by atoms with Gasteiger partial charge in [0.1, 0.15) is 11.2 Å². The highest BCUT2D eigenvalue weighted by atomic mass is 16.6. The largest absolute Gasteiger partial charge is 0.444 e. The fourth-order valence-corrected chi connectivity index (χ4v) is 2.45. The van der Waals surface area contributed by atoms with Crippen LogP contribution in [0.1, 0.15) is 55.4 Å². The summed E-state index contributed by atoms with van der Waals surface area (Å²) in [6, 6.07) is 0.135. The van der Waals surface area contributed by atoms with Crippen molar-refractivity contribution in [2.24, 2.45) is 0 Å². The number of carbonyl (C=O) groups excluding carboxylic acids is 2. The van der Waals surface area contributed by atoms with Gasteiger partial charge in [0.25, 0.3) is 0 Å². The van der Waals surface area contributed by atoms with Crippen molar-refractivity contribution in [3.05, 3.63) is 0 Å². The van der Waals surface area contributed by atoms with Crippen LogP contribution in [0.25, 0.3) is 0 Å². The zero-order chi connectivity index (χ0) is 19.4. The van der Waals surface area contributed by atoms with Crippen LogP contribution in [-0.2, 0) is 9.47 Å². The Hall–Kier alpha value is -1.50. The minimum atomic E-state index is -0.546. The van der Waals surface area contributed by atoms with Gasteiger partial charge in [-0.05, 0) is 41.5 Å². The number of amides is 2. The van der Waals surface area contributed by atoms with E-state index in [9.17, 15) is 9.59 Å². The van der Waals surface area contributed by atoms with Crippen LogP contribution in [0, 0.1) is 0 Å². The SMILES string of the molecule is CC(C)NC[C@H]1CN(C(=O)OC(C)(C)C)CCN1C(=O)OC(C)(C)C. The first kappa shape index (κ1) is 21.5. The molecule has 2 amide bonds. The van der Waals surface area contributed by atoms with Crippen molar-refractivity contribution in [2.45, 2.75) is 78.7 Å². The van der Waals surface area contributed by atoms with Crippen LogP contribution in [0.2, 0.25) is 0 Å². The van der Waals surface area contributed by atoms with Gasteiger partial charge in [-0.1, -0.05) is 13.8 Å². The van der Waals surface area contributed by atoms with E-state index in [-0.39, 0.29) is 24.3 Å². The second-order valence-electron chi connectivity index (χ2n) is 8.82. The normalized spacial score (nSPS) is 19.2. The predicted molar refractivity (Wildman–Crippen MR) is 97.7 cm³/mol. The lowest BCUT2D eigenvalue weighted by atomic mass is 10.1. The van der Waals surface area contributed by atoms with Crippen LogP contribution >= 0.6 is 0 Å². The summed E-state index contributed by atoms with van der Waals surface area (Å²) in [6.45, 7) is 17.1. The molecule has 1 fully saturated rings. The third-order valence-electron chi connectivity index (χ3n) is 3.52. The molecule has 0 aromatic heterocycles. The molecule has 1 N–H and O–H groups in total. The molecule has 7 heteroatoms. The van der Waals surface area contributed by atoms with E-state index in [0.717, 1.165) is 0 Å². The zero-order valence-electron chi connectivity index (χ0n) is 17.0. The van der Waals surface area contributed by atoms with Gasteiger partial charge in [-0.2, -0.15) is 0 Å². The molecule has 0 spiro atoms. The number of nitrogens with one attached hydrogen (secondary N) is 1. The molecule has 0 aromatic rings. The molecule has 1 saturated heterocycles. The summed E-state index contributed by atoms with van der Waals surface area (Å²) in [7, 11) is 0. The Balaban J connectivity index is 2.80. The Morgan fingerprint density at radius 2 is 1.52 bits per heavy atom. The summed E-state index contributed by atoms with van der Waals surface area (Å²) < 4.78 is 11.0. The van der Waals surface area contributed by atoms with Crippen molar-refractivity contribution in [1.82, 2.24) is 15.1 Å². The molecule has 0 bridgehead atoms. The molecule has 1 atom stereocenters. The highest BCUT2D eigenvalue weighted by Gasteiger charge is 2.36. The molecule has 0 unspecified atom stereocenters. The summed E-state index contributed by atoms with van der Waals surface area (Å²) in [5.41, 5.74) is -1.08. The molecule has 0 aromatic carbocycles. The van der Waals surface area contributed by atoms with Crippen LogP contribution in [0.15, 0.2) is 0 Å². The number of ether oxygens (including phenoxy) is 2. The molecule has 0 aliphatic carbocycles. The summed E-state index contributed by atoms with van der Waals surface area (Å²) in [4.78, 5) is 28.2. The maximum Gasteiger partial charge on any atom is 0.410 e. The standard InChI is InChI=1S/C18H35N3O4/c1-13(2)19-11-14-12-20(15(22)24-17(3,4)5)9-10-21(14)16(23)25-18(6,7)8/h13-14,19H,9-12H2,1-8H3/t14-/m0/s1. The van der Waals surface area contributed by atoms with Crippen molar-refractivity contribution in [1.29, 1.82) is 0 Å². The molecular weight excluding hydrogens is 322 g/mol. The molecular formula is C18H35N3O4. The lowest BCUT2D eigenvalue weighted by molar-refractivity contribution is -0.0147. The van der Waals surface area contributed by atoms with Gasteiger partial charge in [0.05, 0.1) is 6.04 Å². The Bertz CT molecular complexity index is 466. The summed E-state index contributed by atoms with van der Waals surface area (Å²) in [6.07, 6.45) is -0.683. The summed E-state index contributed by atoms with van der Waals surface area (Å²) >= 11 is 0. The number of nitrogens with zero attached hydrogens (tertiary/aromatic N) is 2. The molecule has 1 rings (SSSR count). The third kappa shape index (κ3) is 7.94. The third-order valence-corrected chi connectivity index (χ3v) is 3.52. The van der Waals surface area contributed by atoms with E-state index in [4.69, 9.17) is 9.47 Å². The molecule has 7 nitrogen and oxygen atoms in total. The van der Waals surface area contributed by atoms with Crippen LogP contribution in [0.3, 0.4) is 0 Å². The number of piperazine rings is 1. The molecule has 0 saturated carbocycles. The number of hydrogen-bond donors (Lipinski definition) is 1. The number of carbonyl (C=O) groups is 2. The van der Waals surface area contributed by atoms with E-state index in [1.807, 2.05) is 55.4 Å². The first-order valence-corrected chi connectivity index (χ1v) is 8.99. The zero-order valence-corrected chi connectivity index (χ0v) is 17.0. The average Bonchev–Trinajstić information content (AvgIpc) is 2.41. The quantitative estimate of drug-likeness (QED) is 0.841. The molecule has 146 valence electrons. The van der Waals surface area contributed by atoms with Gasteiger partial charge >= 0.3 is 12.2 Å². The second-order valence-corrected chi connectivity index (χ2v) is 8.82. The highest BCUT2D eigenvalue weighted by Crippen LogP contribution is 2.18. The van der Waals surface area contributed by atoms with E-state index < -0.39 is 11.2 Å². The van der Waals surface area contributed by atoms with E-state index in [1.54, 1.807) is 9.80 Å². The van der Waals surface area contributed by atoms with Gasteiger partial charge in [-0.3, -0.25) is 0 Å². The van der Waals surface area contributed by atoms with Crippen LogP contribution in [-0.4, -0.2) is 71.5 Å². The number of rotatable bonds is 3. The minimum Gasteiger partial charge on any atom is -0.444 e. The Labute approximate surface area is 152 Å². The fourth-order valence-electron chi connectivity index (χ4n) is 2.45. The Kier molecular flexibility index (Phi) is 7.11. The van der Waals surface area contributed by atoms with Crippen molar-refractivity contribution in [2.75, 3.05) is 26.2 Å². The summed E-state index contributed by atoms with van der Waals surface area (Å²) in [5, 5.41) is 3.34. The Morgan fingerprint density at radius 3 is 2.00 bits per heavy atom. The minimum absolute atomic E-state index is 0.154. The average molecular weight is 357 g/mol. The van der Waals surface area contributed by atoms with Crippen molar-refractivity contribution in [3.63, 3.8) is 0 Å². The van der Waals surface area contributed by atoms with Gasteiger partial charge in [0.2, 0.25) is 0 Å². The fraction of sp³-hybridized carbons (Fsp3) is 0.889. The van der Waals surface area contributed by atoms with E-state index in [2.05, 4.69) is 5.32 Å². The summed E-state index contributed by atoms with van der Waals surface area (Å²) in [5.74, 6) is 0. The molecule has 25 heavy (non-hydrogen) atoms. The van der Waals surface area contributed by atoms with Crippen molar-refractivity contribution < 1.29 is 19.1 Å². The maximum atomic E-state index is 12.5. The molecule has 1 aliphatic heterocycles. The lowest BCUT2D eigenvalue weighted by Crippen LogP contribution is -2.60. The predicted octanol–water partition coefficient (Wildman–Crippen LogP) is 2.84. The van der Waals surface area contributed by atoms with Gasteiger partial charge in [0.15, 0.2) is 0 Å². The number of hydrogen-bond acceptors (Lipinski definition) is 5. The second kappa shape index (κ2) is 8.25. The van der Waals surface area contributed by atoms with Gasteiger partial charge in [-0.25, -0.2) is 9.59 Å². The van der Waals surface area contributed by atoms with E-state index in [0.29, 0.717) is 26.2 Å². The smallest absolute Gasteiger partial charge is 0.410 e. The van der Waals surface area contributed by atoms with E-state index in [1.165, 1.54) is 0 Å². The lowest BCUT2D eigenvalue weighted by Gasteiger charge is -2.42. The van der Waals surface area contributed by atoms with Crippen LogP contribution in [0.4, 0.5) is 9.59 Å². The first-order valence-electron chi connectivity index (χ1n) is 8.99. The topological polar surface area (TPSA) is 71.1 Å². The van der Waals surface area contributed by atoms with Gasteiger partial charge in [-0.15, -0.1) is 0 Å². The molecule has 0 radical (unpaired) electrons. The van der Waals surface area contributed by atoms with Crippen molar-refractivity contribution >= 4 is 12.2 Å². The molecule has 1 heterocycles. The van der Waals surface area contributed by atoms with Gasteiger partial charge < -0.3 is 24.6 Å². The monoisotopic (exact) mass is 357 g/mol. The highest BCUT2D eigenvalue weighted by molar-refractivity contribution is 5.71. The van der Waals surface area contributed by atoms with Crippen LogP contribution in [0.5, 0.6) is 0 Å². The van der Waals surface area contributed by atoms with Gasteiger partial charge in [0, 0.05) is 32.2 Å². The Morgan fingerprint density at radius 1 is 1.00 bits per heavy atom. The molecule has 1 aliphatic rings. The maximum absolute atomic E-state index is 12.5. The van der Waals surface area contributed by atoms with Crippen LogP contribution < -0.4 is 5.32 Å². The van der Waals surface area contributed by atoms with E-state index >= 15 is 0 Å². The van der Waals surface area contributed by atoms with Crippen molar-refractivity contribution in [3.8, 4) is 0 Å².